The van der Waals surface area contributed by atoms with Crippen LogP contribution < -0.4 is 5.32 Å². The predicted octanol–water partition coefficient (Wildman–Crippen LogP) is 0.300. The maximum Gasteiger partial charge on any atom is 0.268 e. The Morgan fingerprint density at radius 1 is 1.43 bits per heavy atom. The molecule has 1 saturated carbocycles. The molecule has 1 heterocycles. The largest absolute Gasteiger partial charge is 0.394 e. The molecule has 0 bridgehead atoms. The van der Waals surface area contributed by atoms with Crippen LogP contribution in [0.4, 0.5) is 0 Å². The van der Waals surface area contributed by atoms with Gasteiger partial charge in [0.1, 0.15) is 10.6 Å². The van der Waals surface area contributed by atoms with E-state index in [-0.39, 0.29) is 17.2 Å². The van der Waals surface area contributed by atoms with Crippen LogP contribution in [0.15, 0.2) is 17.2 Å². The molecule has 0 spiro atoms. The Labute approximate surface area is 124 Å². The van der Waals surface area contributed by atoms with Gasteiger partial charge in [-0.15, -0.1) is 0 Å². The van der Waals surface area contributed by atoms with Crippen LogP contribution in [-0.2, 0) is 10.0 Å². The lowest BCUT2D eigenvalue weighted by Gasteiger charge is -2.17. The van der Waals surface area contributed by atoms with E-state index in [0.29, 0.717) is 13.1 Å². The smallest absolute Gasteiger partial charge is 0.268 e. The van der Waals surface area contributed by atoms with Crippen molar-refractivity contribution < 1.29 is 18.3 Å². The molecule has 0 aromatic carbocycles. The van der Waals surface area contributed by atoms with Gasteiger partial charge in [-0.2, -0.15) is 4.31 Å². The number of hydrogen-bond acceptors (Lipinski definition) is 4. The quantitative estimate of drug-likeness (QED) is 0.673. The molecule has 1 fully saturated rings. The molecule has 21 heavy (non-hydrogen) atoms. The second-order valence-corrected chi connectivity index (χ2v) is 7.17. The molecule has 0 saturated heterocycles. The fraction of sp³-hybridized carbons (Fsp3) is 0.615. The average molecular weight is 315 g/mol. The Morgan fingerprint density at radius 3 is 2.52 bits per heavy atom. The van der Waals surface area contributed by atoms with Crippen molar-refractivity contribution in [3.63, 3.8) is 0 Å². The molecule has 3 N–H and O–H groups in total. The number of hydrogen-bond donors (Lipinski definition) is 3. The average Bonchev–Trinajstić information content (AvgIpc) is 3.03. The lowest BCUT2D eigenvalue weighted by molar-refractivity contribution is 0.0902. The fourth-order valence-electron chi connectivity index (χ4n) is 2.15. The monoisotopic (exact) mass is 315 g/mol. The van der Waals surface area contributed by atoms with Crippen LogP contribution in [0.3, 0.4) is 0 Å². The summed E-state index contributed by atoms with van der Waals surface area (Å²) in [4.78, 5) is 14.8. The van der Waals surface area contributed by atoms with Crippen LogP contribution in [0, 0.1) is 0 Å². The number of aromatic amines is 1. The van der Waals surface area contributed by atoms with E-state index in [1.54, 1.807) is 13.8 Å². The van der Waals surface area contributed by atoms with E-state index in [1.165, 1.54) is 16.6 Å². The highest BCUT2D eigenvalue weighted by molar-refractivity contribution is 7.89. The number of H-pyrrole nitrogens is 1. The molecule has 2 rings (SSSR count). The van der Waals surface area contributed by atoms with E-state index >= 15 is 0 Å². The molecule has 1 aromatic heterocycles. The molecule has 118 valence electrons. The molecule has 1 aliphatic carbocycles. The first-order chi connectivity index (χ1) is 9.88. The number of carbonyl (C=O) groups excluding carboxylic acids is 1. The summed E-state index contributed by atoms with van der Waals surface area (Å²) in [6.07, 6.45) is 2.79. The minimum Gasteiger partial charge on any atom is -0.394 e. The van der Waals surface area contributed by atoms with Gasteiger partial charge in [0.15, 0.2) is 0 Å². The van der Waals surface area contributed by atoms with Crippen LogP contribution in [-0.4, -0.2) is 54.0 Å². The molecule has 1 amide bonds. The van der Waals surface area contributed by atoms with Crippen molar-refractivity contribution in [2.75, 3.05) is 19.7 Å². The minimum absolute atomic E-state index is 0.0743. The second-order valence-electron chi connectivity index (χ2n) is 5.23. The van der Waals surface area contributed by atoms with Gasteiger partial charge in [-0.05, 0) is 18.9 Å². The number of rotatable bonds is 7. The van der Waals surface area contributed by atoms with Crippen LogP contribution in [0.1, 0.15) is 37.2 Å². The van der Waals surface area contributed by atoms with Crippen molar-refractivity contribution in [2.45, 2.75) is 37.1 Å². The molecule has 1 aromatic rings. The van der Waals surface area contributed by atoms with E-state index in [4.69, 9.17) is 0 Å². The Hall–Kier alpha value is -1.38. The summed E-state index contributed by atoms with van der Waals surface area (Å²) in [6.45, 7) is 4.17. The minimum atomic E-state index is -3.57. The zero-order valence-electron chi connectivity index (χ0n) is 12.2. The highest BCUT2D eigenvalue weighted by Gasteiger charge is 2.43. The summed E-state index contributed by atoms with van der Waals surface area (Å²) in [6, 6.07) is 1.33. The molecule has 0 unspecified atom stereocenters. The molecule has 0 radical (unpaired) electrons. The normalized spacial score (nSPS) is 17.0. The first-order valence-corrected chi connectivity index (χ1v) is 8.44. The number of aliphatic hydroxyl groups is 1. The standard InChI is InChI=1S/C13H21N3O4S/c1-3-16(4-2)21(19,20)10-7-11(14-8-10)12(18)15-13(9-17)5-6-13/h7-8,14,17H,3-6,9H2,1-2H3,(H,15,18). The van der Waals surface area contributed by atoms with Gasteiger partial charge < -0.3 is 15.4 Å². The van der Waals surface area contributed by atoms with Crippen LogP contribution in [0.2, 0.25) is 0 Å². The Bertz CT molecular complexity index is 615. The maximum atomic E-state index is 12.3. The molecule has 0 aliphatic heterocycles. The summed E-state index contributed by atoms with van der Waals surface area (Å²) < 4.78 is 26.0. The Kier molecular flexibility index (Phi) is 4.40. The van der Waals surface area contributed by atoms with Crippen LogP contribution in [0.5, 0.6) is 0 Å². The van der Waals surface area contributed by atoms with Crippen molar-refractivity contribution in [1.82, 2.24) is 14.6 Å². The first-order valence-electron chi connectivity index (χ1n) is 7.00. The molecular weight excluding hydrogens is 294 g/mol. The number of nitrogens with zero attached hydrogens (tertiary/aromatic N) is 1. The number of carbonyl (C=O) groups is 1. The molecular formula is C13H21N3O4S. The van der Waals surface area contributed by atoms with E-state index in [1.807, 2.05) is 0 Å². The van der Waals surface area contributed by atoms with E-state index in [2.05, 4.69) is 10.3 Å². The lowest BCUT2D eigenvalue weighted by Crippen LogP contribution is -2.39. The van der Waals surface area contributed by atoms with Gasteiger partial charge in [0.25, 0.3) is 5.91 Å². The predicted molar refractivity (Wildman–Crippen MR) is 77.4 cm³/mol. The van der Waals surface area contributed by atoms with Gasteiger partial charge >= 0.3 is 0 Å². The summed E-state index contributed by atoms with van der Waals surface area (Å²) in [5.41, 5.74) is -0.347. The van der Waals surface area contributed by atoms with Crippen LogP contribution in [0.25, 0.3) is 0 Å². The zero-order chi connectivity index (χ0) is 15.7. The van der Waals surface area contributed by atoms with Gasteiger partial charge in [0.2, 0.25) is 10.0 Å². The zero-order valence-corrected chi connectivity index (χ0v) is 13.0. The van der Waals surface area contributed by atoms with Gasteiger partial charge in [-0.3, -0.25) is 4.79 Å². The van der Waals surface area contributed by atoms with Crippen molar-refractivity contribution in [2.24, 2.45) is 0 Å². The topological polar surface area (TPSA) is 103 Å². The highest BCUT2D eigenvalue weighted by atomic mass is 32.2. The fourth-order valence-corrected chi connectivity index (χ4v) is 3.60. The van der Waals surface area contributed by atoms with Crippen molar-refractivity contribution in [3.05, 3.63) is 18.0 Å². The molecule has 0 atom stereocenters. The maximum absolute atomic E-state index is 12.3. The SMILES string of the molecule is CCN(CC)S(=O)(=O)c1c[nH]c(C(=O)NC2(CO)CC2)c1. The second kappa shape index (κ2) is 5.78. The third kappa shape index (κ3) is 3.12. The summed E-state index contributed by atoms with van der Waals surface area (Å²) in [7, 11) is -3.57. The number of aliphatic hydroxyl groups excluding tert-OH is 1. The number of amides is 1. The number of nitrogens with one attached hydrogen (secondary N) is 2. The molecule has 7 nitrogen and oxygen atoms in total. The third-order valence-corrected chi connectivity index (χ3v) is 5.81. The van der Waals surface area contributed by atoms with E-state index in [9.17, 15) is 18.3 Å². The van der Waals surface area contributed by atoms with E-state index < -0.39 is 21.5 Å². The number of aromatic nitrogens is 1. The van der Waals surface area contributed by atoms with Gasteiger partial charge in [0.05, 0.1) is 12.1 Å². The van der Waals surface area contributed by atoms with Crippen LogP contribution >= 0.6 is 0 Å². The lowest BCUT2D eigenvalue weighted by atomic mass is 10.2. The highest BCUT2D eigenvalue weighted by Crippen LogP contribution is 2.34. The van der Waals surface area contributed by atoms with E-state index in [0.717, 1.165) is 12.8 Å². The van der Waals surface area contributed by atoms with Gasteiger partial charge in [0, 0.05) is 19.3 Å². The van der Waals surface area contributed by atoms with Gasteiger partial charge in [-0.25, -0.2) is 8.42 Å². The first kappa shape index (κ1) is 16.0. The molecule has 1 aliphatic rings. The van der Waals surface area contributed by atoms with Crippen molar-refractivity contribution >= 4 is 15.9 Å². The summed E-state index contributed by atoms with van der Waals surface area (Å²) in [5.74, 6) is -0.400. The molecule has 8 heteroatoms. The number of sulfonamides is 1. The van der Waals surface area contributed by atoms with Crippen molar-refractivity contribution in [1.29, 1.82) is 0 Å². The van der Waals surface area contributed by atoms with Crippen molar-refractivity contribution in [3.8, 4) is 0 Å². The Balaban J connectivity index is 2.16. The summed E-state index contributed by atoms with van der Waals surface area (Å²) in [5, 5.41) is 11.9. The summed E-state index contributed by atoms with van der Waals surface area (Å²) >= 11 is 0. The van der Waals surface area contributed by atoms with Gasteiger partial charge in [-0.1, -0.05) is 13.8 Å². The third-order valence-electron chi connectivity index (χ3n) is 3.78. The Morgan fingerprint density at radius 2 is 2.05 bits per heavy atom.